The molecule has 2 fully saturated rings. The van der Waals surface area contributed by atoms with Gasteiger partial charge in [0.25, 0.3) is 0 Å². The number of hydrogen-bond donors (Lipinski definition) is 2. The van der Waals surface area contributed by atoms with Crippen LogP contribution >= 0.6 is 0 Å². The average molecular weight is 239 g/mol. The van der Waals surface area contributed by atoms with Crippen molar-refractivity contribution in [1.29, 1.82) is 0 Å². The lowest BCUT2D eigenvalue weighted by molar-refractivity contribution is -0.146. The summed E-state index contributed by atoms with van der Waals surface area (Å²) in [5.41, 5.74) is 0. The van der Waals surface area contributed by atoms with Crippen molar-refractivity contribution in [2.75, 3.05) is 0 Å². The van der Waals surface area contributed by atoms with Gasteiger partial charge < -0.3 is 10.4 Å². The predicted octanol–water partition coefficient (Wildman–Crippen LogP) is 2.80. The molecule has 98 valence electrons. The Kier molecular flexibility index (Phi) is 4.43. The topological polar surface area (TPSA) is 49.3 Å². The lowest BCUT2D eigenvalue weighted by atomic mass is 9.77. The molecule has 17 heavy (non-hydrogen) atoms. The van der Waals surface area contributed by atoms with Crippen LogP contribution in [0.3, 0.4) is 0 Å². The van der Waals surface area contributed by atoms with Crippen LogP contribution in [0.1, 0.15) is 58.3 Å². The highest BCUT2D eigenvalue weighted by Gasteiger charge is 2.37. The first-order valence-corrected chi connectivity index (χ1v) is 7.19. The van der Waals surface area contributed by atoms with Gasteiger partial charge >= 0.3 is 5.97 Å². The van der Waals surface area contributed by atoms with Crippen LogP contribution in [-0.4, -0.2) is 23.2 Å². The third-order valence-electron chi connectivity index (χ3n) is 4.59. The SMILES string of the molecule is CCCC1CCC(NC2CCC2C(=O)O)CC1. The van der Waals surface area contributed by atoms with Gasteiger partial charge in [-0.3, -0.25) is 4.79 Å². The van der Waals surface area contributed by atoms with E-state index in [1.807, 2.05) is 0 Å². The van der Waals surface area contributed by atoms with Crippen molar-refractivity contribution in [2.45, 2.75) is 70.4 Å². The lowest BCUT2D eigenvalue weighted by Gasteiger charge is -2.39. The molecule has 3 nitrogen and oxygen atoms in total. The molecule has 0 amide bonds. The van der Waals surface area contributed by atoms with Gasteiger partial charge in [-0.25, -0.2) is 0 Å². The second-order valence-electron chi connectivity index (χ2n) is 5.80. The normalized spacial score (nSPS) is 37.5. The Hall–Kier alpha value is -0.570. The molecule has 0 heterocycles. The summed E-state index contributed by atoms with van der Waals surface area (Å²) in [6.45, 7) is 2.26. The van der Waals surface area contributed by atoms with Crippen molar-refractivity contribution in [2.24, 2.45) is 11.8 Å². The standard InChI is InChI=1S/C14H25NO2/c1-2-3-10-4-6-11(7-5-10)15-13-9-8-12(13)14(16)17/h10-13,15H,2-9H2,1H3,(H,16,17). The van der Waals surface area contributed by atoms with Crippen LogP contribution in [0.4, 0.5) is 0 Å². The number of carbonyl (C=O) groups is 1. The van der Waals surface area contributed by atoms with Gasteiger partial charge in [-0.05, 0) is 44.4 Å². The number of carboxylic acids is 1. The van der Waals surface area contributed by atoms with Gasteiger partial charge in [0.1, 0.15) is 0 Å². The largest absolute Gasteiger partial charge is 0.481 e. The monoisotopic (exact) mass is 239 g/mol. The van der Waals surface area contributed by atoms with Gasteiger partial charge in [-0.1, -0.05) is 19.8 Å². The van der Waals surface area contributed by atoms with Crippen LogP contribution in [0.15, 0.2) is 0 Å². The molecule has 2 rings (SSSR count). The van der Waals surface area contributed by atoms with Crippen molar-refractivity contribution in [3.63, 3.8) is 0 Å². The first kappa shape index (κ1) is 12.9. The number of hydrogen-bond acceptors (Lipinski definition) is 2. The molecule has 0 bridgehead atoms. The number of rotatable bonds is 5. The van der Waals surface area contributed by atoms with Gasteiger partial charge in [0.05, 0.1) is 5.92 Å². The molecule has 2 unspecified atom stereocenters. The Morgan fingerprint density at radius 3 is 2.35 bits per heavy atom. The molecule has 0 aromatic carbocycles. The Morgan fingerprint density at radius 2 is 1.88 bits per heavy atom. The van der Waals surface area contributed by atoms with E-state index >= 15 is 0 Å². The van der Waals surface area contributed by atoms with Crippen LogP contribution in [0.25, 0.3) is 0 Å². The molecule has 3 heteroatoms. The van der Waals surface area contributed by atoms with Crippen LogP contribution in [0, 0.1) is 11.8 Å². The Bertz CT molecular complexity index is 259. The predicted molar refractivity (Wildman–Crippen MR) is 67.9 cm³/mol. The van der Waals surface area contributed by atoms with E-state index < -0.39 is 5.97 Å². The van der Waals surface area contributed by atoms with E-state index in [1.165, 1.54) is 38.5 Å². The number of nitrogens with one attached hydrogen (secondary N) is 1. The Labute approximate surface area is 104 Å². The maximum Gasteiger partial charge on any atom is 0.308 e. The first-order chi connectivity index (χ1) is 8.20. The van der Waals surface area contributed by atoms with E-state index in [2.05, 4.69) is 12.2 Å². The number of carboxylic acid groups (broad SMARTS) is 1. The van der Waals surface area contributed by atoms with Gasteiger partial charge in [0, 0.05) is 12.1 Å². The third-order valence-corrected chi connectivity index (χ3v) is 4.59. The quantitative estimate of drug-likeness (QED) is 0.775. The van der Waals surface area contributed by atoms with Crippen molar-refractivity contribution in [3.8, 4) is 0 Å². The Morgan fingerprint density at radius 1 is 1.18 bits per heavy atom. The summed E-state index contributed by atoms with van der Waals surface area (Å²) in [5, 5.41) is 12.6. The summed E-state index contributed by atoms with van der Waals surface area (Å²) >= 11 is 0. The highest BCUT2D eigenvalue weighted by molar-refractivity contribution is 5.72. The zero-order valence-electron chi connectivity index (χ0n) is 10.8. The van der Waals surface area contributed by atoms with Crippen molar-refractivity contribution >= 4 is 5.97 Å². The highest BCUT2D eigenvalue weighted by atomic mass is 16.4. The average Bonchev–Trinajstić information content (AvgIpc) is 2.26. The molecule has 0 spiro atoms. The molecule has 2 aliphatic carbocycles. The lowest BCUT2D eigenvalue weighted by Crippen LogP contribution is -2.52. The maximum absolute atomic E-state index is 10.9. The van der Waals surface area contributed by atoms with E-state index in [-0.39, 0.29) is 12.0 Å². The molecule has 0 radical (unpaired) electrons. The first-order valence-electron chi connectivity index (χ1n) is 7.19. The molecule has 2 N–H and O–H groups in total. The molecular formula is C14H25NO2. The zero-order chi connectivity index (χ0) is 12.3. The fraction of sp³-hybridized carbons (Fsp3) is 0.929. The van der Waals surface area contributed by atoms with Crippen LogP contribution < -0.4 is 5.32 Å². The van der Waals surface area contributed by atoms with E-state index in [0.29, 0.717) is 6.04 Å². The summed E-state index contributed by atoms with van der Waals surface area (Å²) in [6.07, 6.45) is 9.72. The fourth-order valence-electron chi connectivity index (χ4n) is 3.32. The minimum atomic E-state index is -0.617. The summed E-state index contributed by atoms with van der Waals surface area (Å²) in [5.74, 6) is 0.187. The summed E-state index contributed by atoms with van der Waals surface area (Å²) < 4.78 is 0. The molecule has 0 aliphatic heterocycles. The Balaban J connectivity index is 1.69. The minimum Gasteiger partial charge on any atom is -0.481 e. The van der Waals surface area contributed by atoms with Gasteiger partial charge in [-0.15, -0.1) is 0 Å². The van der Waals surface area contributed by atoms with E-state index in [0.717, 1.165) is 18.8 Å². The molecule has 0 aromatic rings. The third kappa shape index (κ3) is 3.21. The fourth-order valence-corrected chi connectivity index (χ4v) is 3.32. The van der Waals surface area contributed by atoms with Crippen molar-refractivity contribution in [3.05, 3.63) is 0 Å². The summed E-state index contributed by atoms with van der Waals surface area (Å²) in [6, 6.07) is 0.829. The van der Waals surface area contributed by atoms with E-state index in [4.69, 9.17) is 5.11 Å². The molecule has 2 atom stereocenters. The van der Waals surface area contributed by atoms with Gasteiger partial charge in [0.2, 0.25) is 0 Å². The van der Waals surface area contributed by atoms with Crippen LogP contribution in [0.2, 0.25) is 0 Å². The molecule has 0 saturated heterocycles. The molecule has 2 aliphatic rings. The highest BCUT2D eigenvalue weighted by Crippen LogP contribution is 2.32. The summed E-state index contributed by atoms with van der Waals surface area (Å²) in [7, 11) is 0. The van der Waals surface area contributed by atoms with Crippen molar-refractivity contribution in [1.82, 2.24) is 5.32 Å². The molecular weight excluding hydrogens is 214 g/mol. The van der Waals surface area contributed by atoms with E-state index in [9.17, 15) is 4.79 Å². The van der Waals surface area contributed by atoms with E-state index in [1.54, 1.807) is 0 Å². The second kappa shape index (κ2) is 5.85. The smallest absolute Gasteiger partial charge is 0.308 e. The summed E-state index contributed by atoms with van der Waals surface area (Å²) in [4.78, 5) is 10.9. The molecule has 2 saturated carbocycles. The molecule has 0 aromatic heterocycles. The van der Waals surface area contributed by atoms with Gasteiger partial charge in [-0.2, -0.15) is 0 Å². The van der Waals surface area contributed by atoms with Crippen LogP contribution in [-0.2, 0) is 4.79 Å². The van der Waals surface area contributed by atoms with Gasteiger partial charge in [0.15, 0.2) is 0 Å². The second-order valence-corrected chi connectivity index (χ2v) is 5.80. The van der Waals surface area contributed by atoms with Crippen molar-refractivity contribution < 1.29 is 9.90 Å². The zero-order valence-corrected chi connectivity index (χ0v) is 10.8. The maximum atomic E-state index is 10.9. The minimum absolute atomic E-state index is 0.122. The number of aliphatic carboxylic acids is 1. The van der Waals surface area contributed by atoms with Crippen LogP contribution in [0.5, 0.6) is 0 Å².